The number of carbonyl (C=O) groups excluding carboxylic acids is 2. The highest BCUT2D eigenvalue weighted by molar-refractivity contribution is 9.10. The maximum Gasteiger partial charge on any atom is 0.232 e. The number of rotatable bonds is 4. The van der Waals surface area contributed by atoms with Gasteiger partial charge in [0.05, 0.1) is 11.4 Å². The van der Waals surface area contributed by atoms with Gasteiger partial charge in [0.25, 0.3) is 0 Å². The summed E-state index contributed by atoms with van der Waals surface area (Å²) in [7, 11) is 1.59. The van der Waals surface area contributed by atoms with Crippen LogP contribution in [0.5, 0.6) is 0 Å². The number of anilines is 1. The number of nitrogens with zero attached hydrogens (tertiary/aromatic N) is 1. The molecular weight excluding hydrogens is 382 g/mol. The Bertz CT molecular complexity index is 704. The van der Waals surface area contributed by atoms with E-state index in [1.54, 1.807) is 18.2 Å². The van der Waals surface area contributed by atoms with E-state index in [1.165, 1.54) is 11.8 Å². The van der Waals surface area contributed by atoms with Gasteiger partial charge in [0.15, 0.2) is 5.78 Å². The Kier molecular flexibility index (Phi) is 4.75. The van der Waals surface area contributed by atoms with Crippen molar-refractivity contribution in [3.05, 3.63) is 28.2 Å². The third-order valence-corrected chi connectivity index (χ3v) is 5.01. The van der Waals surface area contributed by atoms with E-state index >= 15 is 0 Å². The van der Waals surface area contributed by atoms with Crippen molar-refractivity contribution in [3.63, 3.8) is 0 Å². The van der Waals surface area contributed by atoms with Gasteiger partial charge >= 0.3 is 0 Å². The van der Waals surface area contributed by atoms with E-state index in [0.717, 1.165) is 4.47 Å². The summed E-state index contributed by atoms with van der Waals surface area (Å²) in [6.45, 7) is 1.67. The third kappa shape index (κ3) is 4.05. The number of halogens is 2. The standard InChI is InChI=1S/C13H13BrClNO4S/c1-8(17)11-5-10(14)2-3-12(11)16-6-9(4-13(16)18)7-21(15,19)20/h2-3,5,9H,4,6-7H2,1H3. The number of Topliss-reactive ketones (excluding diaryl/α,β-unsaturated/α-hetero) is 1. The molecule has 0 bridgehead atoms. The number of amides is 1. The van der Waals surface area contributed by atoms with Crippen molar-refractivity contribution < 1.29 is 18.0 Å². The SMILES string of the molecule is CC(=O)c1cc(Br)ccc1N1CC(CS(=O)(=O)Cl)CC1=O. The number of carbonyl (C=O) groups is 2. The second-order valence-corrected chi connectivity index (χ2v) is 8.73. The minimum Gasteiger partial charge on any atom is -0.311 e. The molecule has 1 aromatic carbocycles. The van der Waals surface area contributed by atoms with Gasteiger partial charge < -0.3 is 4.90 Å². The first-order chi connectivity index (χ1) is 9.67. The van der Waals surface area contributed by atoms with Crippen molar-refractivity contribution in [2.45, 2.75) is 13.3 Å². The van der Waals surface area contributed by atoms with Crippen molar-refractivity contribution in [1.29, 1.82) is 0 Å². The highest BCUT2D eigenvalue weighted by Gasteiger charge is 2.34. The fraction of sp³-hybridized carbons (Fsp3) is 0.385. The van der Waals surface area contributed by atoms with E-state index < -0.39 is 9.05 Å². The number of hydrogen-bond acceptors (Lipinski definition) is 4. The van der Waals surface area contributed by atoms with Gasteiger partial charge in [-0.15, -0.1) is 0 Å². The fourth-order valence-electron chi connectivity index (χ4n) is 2.43. The van der Waals surface area contributed by atoms with Gasteiger partial charge in [-0.05, 0) is 25.1 Å². The Morgan fingerprint density at radius 1 is 1.48 bits per heavy atom. The van der Waals surface area contributed by atoms with Crippen LogP contribution < -0.4 is 4.90 Å². The fourth-order valence-corrected chi connectivity index (χ4v) is 4.12. The predicted molar refractivity (Wildman–Crippen MR) is 84.2 cm³/mol. The molecule has 21 heavy (non-hydrogen) atoms. The summed E-state index contributed by atoms with van der Waals surface area (Å²) in [6, 6.07) is 5.06. The van der Waals surface area contributed by atoms with Gasteiger partial charge in [-0.25, -0.2) is 8.42 Å². The molecular formula is C13H13BrClNO4S. The lowest BCUT2D eigenvalue weighted by Crippen LogP contribution is -2.27. The molecule has 1 unspecified atom stereocenters. The zero-order valence-corrected chi connectivity index (χ0v) is 14.3. The van der Waals surface area contributed by atoms with Crippen LogP contribution in [0.15, 0.2) is 22.7 Å². The molecule has 0 radical (unpaired) electrons. The van der Waals surface area contributed by atoms with E-state index in [1.807, 2.05) is 0 Å². The average Bonchev–Trinajstić information content (AvgIpc) is 2.67. The molecule has 1 amide bonds. The van der Waals surface area contributed by atoms with Crippen molar-refractivity contribution in [2.24, 2.45) is 5.92 Å². The molecule has 0 N–H and O–H groups in total. The topological polar surface area (TPSA) is 71.5 Å². The van der Waals surface area contributed by atoms with E-state index in [2.05, 4.69) is 15.9 Å². The lowest BCUT2D eigenvalue weighted by Gasteiger charge is -2.19. The van der Waals surface area contributed by atoms with Crippen LogP contribution in [0, 0.1) is 5.92 Å². The van der Waals surface area contributed by atoms with E-state index in [9.17, 15) is 18.0 Å². The number of ketones is 1. The van der Waals surface area contributed by atoms with E-state index in [0.29, 0.717) is 11.3 Å². The normalized spacial score (nSPS) is 19.1. The van der Waals surface area contributed by atoms with Crippen LogP contribution >= 0.6 is 26.6 Å². The largest absolute Gasteiger partial charge is 0.311 e. The first-order valence-corrected chi connectivity index (χ1v) is 9.47. The van der Waals surface area contributed by atoms with Crippen LogP contribution in [-0.4, -0.2) is 32.4 Å². The first-order valence-electron chi connectivity index (χ1n) is 6.20. The van der Waals surface area contributed by atoms with E-state index in [4.69, 9.17) is 10.7 Å². The van der Waals surface area contributed by atoms with Crippen LogP contribution in [0.2, 0.25) is 0 Å². The highest BCUT2D eigenvalue weighted by atomic mass is 79.9. The van der Waals surface area contributed by atoms with Gasteiger partial charge in [0, 0.05) is 39.6 Å². The molecule has 1 aliphatic heterocycles. The average molecular weight is 395 g/mol. The summed E-state index contributed by atoms with van der Waals surface area (Å²) in [4.78, 5) is 25.3. The quantitative estimate of drug-likeness (QED) is 0.581. The molecule has 2 rings (SSSR count). The lowest BCUT2D eigenvalue weighted by molar-refractivity contribution is -0.117. The van der Waals surface area contributed by atoms with Crippen molar-refractivity contribution in [2.75, 3.05) is 17.2 Å². The molecule has 1 aromatic rings. The number of benzene rings is 1. The molecule has 5 nitrogen and oxygen atoms in total. The van der Waals surface area contributed by atoms with Gasteiger partial charge in [0.2, 0.25) is 15.0 Å². The summed E-state index contributed by atoms with van der Waals surface area (Å²) in [5.41, 5.74) is 0.928. The predicted octanol–water partition coefficient (Wildman–Crippen LogP) is 2.57. The molecule has 1 heterocycles. The molecule has 1 atom stereocenters. The molecule has 114 valence electrons. The molecule has 0 saturated carbocycles. The van der Waals surface area contributed by atoms with Gasteiger partial charge in [-0.1, -0.05) is 15.9 Å². The van der Waals surface area contributed by atoms with Crippen LogP contribution in [0.25, 0.3) is 0 Å². The third-order valence-electron chi connectivity index (χ3n) is 3.27. The second kappa shape index (κ2) is 6.06. The maximum absolute atomic E-state index is 12.1. The molecule has 0 aromatic heterocycles. The maximum atomic E-state index is 12.1. The summed E-state index contributed by atoms with van der Waals surface area (Å²) in [5, 5.41) is 0. The molecule has 1 saturated heterocycles. The molecule has 0 spiro atoms. The van der Waals surface area contributed by atoms with E-state index in [-0.39, 0.29) is 36.3 Å². The summed E-state index contributed by atoms with van der Waals surface area (Å²) in [6.07, 6.45) is 0.110. The Morgan fingerprint density at radius 3 is 2.71 bits per heavy atom. The van der Waals surface area contributed by atoms with Crippen LogP contribution in [-0.2, 0) is 13.8 Å². The summed E-state index contributed by atoms with van der Waals surface area (Å²) in [5.74, 6) is -0.968. The monoisotopic (exact) mass is 393 g/mol. The van der Waals surface area contributed by atoms with Crippen molar-refractivity contribution >= 4 is 53.0 Å². The van der Waals surface area contributed by atoms with Crippen LogP contribution in [0.1, 0.15) is 23.7 Å². The van der Waals surface area contributed by atoms with Gasteiger partial charge in [-0.2, -0.15) is 0 Å². The first kappa shape index (κ1) is 16.5. The molecule has 1 aliphatic rings. The van der Waals surface area contributed by atoms with Gasteiger partial charge in [0.1, 0.15) is 0 Å². The zero-order valence-electron chi connectivity index (χ0n) is 11.2. The van der Waals surface area contributed by atoms with Crippen molar-refractivity contribution in [3.8, 4) is 0 Å². The number of hydrogen-bond donors (Lipinski definition) is 0. The summed E-state index contributed by atoms with van der Waals surface area (Å²) < 4.78 is 23.0. The van der Waals surface area contributed by atoms with Crippen molar-refractivity contribution in [1.82, 2.24) is 0 Å². The Hall–Kier alpha value is -0.920. The van der Waals surface area contributed by atoms with Gasteiger partial charge in [-0.3, -0.25) is 9.59 Å². The minimum atomic E-state index is -3.65. The molecule has 8 heteroatoms. The van der Waals surface area contributed by atoms with Crippen LogP contribution in [0.4, 0.5) is 5.69 Å². The molecule has 1 fully saturated rings. The Labute approximate surface area is 135 Å². The zero-order chi connectivity index (χ0) is 15.8. The minimum absolute atomic E-state index is 0.110. The lowest BCUT2D eigenvalue weighted by atomic mass is 10.1. The highest BCUT2D eigenvalue weighted by Crippen LogP contribution is 2.31. The smallest absolute Gasteiger partial charge is 0.232 e. The second-order valence-electron chi connectivity index (χ2n) is 5.00. The van der Waals surface area contributed by atoms with Crippen LogP contribution in [0.3, 0.4) is 0 Å². The molecule has 0 aliphatic carbocycles. The Balaban J connectivity index is 2.31. The Morgan fingerprint density at radius 2 is 2.14 bits per heavy atom. The summed E-state index contributed by atoms with van der Waals surface area (Å²) >= 11 is 3.29.